The Hall–Kier alpha value is -1.00. The van der Waals surface area contributed by atoms with Crippen LogP contribution in [0.3, 0.4) is 0 Å². The van der Waals surface area contributed by atoms with Gasteiger partial charge in [0.15, 0.2) is 0 Å². The number of likely N-dealkylation sites (N-methyl/N-ethyl adjacent to an activating group) is 1. The molecule has 0 saturated carbocycles. The van der Waals surface area contributed by atoms with E-state index in [4.69, 9.17) is 5.73 Å². The molecule has 3 nitrogen and oxygen atoms in total. The molecule has 1 aromatic carbocycles. The summed E-state index contributed by atoms with van der Waals surface area (Å²) in [5.74, 6) is 1.12. The molecule has 0 aliphatic carbocycles. The van der Waals surface area contributed by atoms with Gasteiger partial charge in [-0.15, -0.1) is 11.8 Å². The average molecular weight is 280 g/mol. The molecule has 0 aliphatic rings. The predicted octanol–water partition coefficient (Wildman–Crippen LogP) is 2.76. The van der Waals surface area contributed by atoms with Gasteiger partial charge < -0.3 is 11.1 Å². The minimum absolute atomic E-state index is 0.300. The molecule has 0 aliphatic heterocycles. The summed E-state index contributed by atoms with van der Waals surface area (Å²) in [6.45, 7) is 6.22. The topological polar surface area (TPSA) is 55.1 Å². The summed E-state index contributed by atoms with van der Waals surface area (Å²) in [6, 6.07) is 8.61. The van der Waals surface area contributed by atoms with E-state index in [9.17, 15) is 4.79 Å². The zero-order valence-corrected chi connectivity index (χ0v) is 13.0. The standard InChI is InChI=1S/C15H24N2OS/c1-11(2)12-5-7-13(8-6-12)19-10-9-15(3,17-4)14(16)18/h5-8,11,17H,9-10H2,1-4H3,(H2,16,18). The van der Waals surface area contributed by atoms with Crippen LogP contribution in [0.4, 0.5) is 0 Å². The Kier molecular flexibility index (Phi) is 5.88. The molecule has 1 atom stereocenters. The fourth-order valence-electron chi connectivity index (χ4n) is 1.69. The molecule has 19 heavy (non-hydrogen) atoms. The van der Waals surface area contributed by atoms with Gasteiger partial charge in [-0.25, -0.2) is 0 Å². The largest absolute Gasteiger partial charge is 0.368 e. The Bertz CT molecular complexity index is 417. The SMILES string of the molecule is CNC(C)(CCSc1ccc(C(C)C)cc1)C(N)=O. The lowest BCUT2D eigenvalue weighted by Crippen LogP contribution is -2.51. The monoisotopic (exact) mass is 280 g/mol. The fraction of sp³-hybridized carbons (Fsp3) is 0.533. The van der Waals surface area contributed by atoms with E-state index >= 15 is 0 Å². The van der Waals surface area contributed by atoms with Crippen molar-refractivity contribution in [1.29, 1.82) is 0 Å². The number of carbonyl (C=O) groups excluding carboxylic acids is 1. The zero-order valence-electron chi connectivity index (χ0n) is 12.2. The number of primary amides is 1. The maximum atomic E-state index is 11.4. The first-order valence-corrected chi connectivity index (χ1v) is 7.59. The molecule has 0 saturated heterocycles. The van der Waals surface area contributed by atoms with Crippen LogP contribution >= 0.6 is 11.8 Å². The highest BCUT2D eigenvalue weighted by atomic mass is 32.2. The smallest absolute Gasteiger partial charge is 0.237 e. The summed E-state index contributed by atoms with van der Waals surface area (Å²) in [5.41, 5.74) is 6.13. The number of nitrogens with two attached hydrogens (primary N) is 1. The Balaban J connectivity index is 2.51. The normalized spacial score (nSPS) is 14.4. The van der Waals surface area contributed by atoms with Crippen molar-refractivity contribution in [2.24, 2.45) is 5.73 Å². The van der Waals surface area contributed by atoms with Crippen LogP contribution in [0, 0.1) is 0 Å². The van der Waals surface area contributed by atoms with Gasteiger partial charge in [0.05, 0.1) is 5.54 Å². The van der Waals surface area contributed by atoms with Gasteiger partial charge in [-0.3, -0.25) is 4.79 Å². The van der Waals surface area contributed by atoms with Crippen molar-refractivity contribution in [3.8, 4) is 0 Å². The van der Waals surface area contributed by atoms with Crippen molar-refractivity contribution in [3.05, 3.63) is 29.8 Å². The third-order valence-electron chi connectivity index (χ3n) is 3.51. The summed E-state index contributed by atoms with van der Waals surface area (Å²) in [7, 11) is 1.77. The van der Waals surface area contributed by atoms with Crippen molar-refractivity contribution in [2.45, 2.75) is 43.5 Å². The van der Waals surface area contributed by atoms with Crippen LogP contribution < -0.4 is 11.1 Å². The number of hydrogen-bond donors (Lipinski definition) is 2. The molecule has 1 amide bonds. The molecule has 0 aromatic heterocycles. The highest BCUT2D eigenvalue weighted by molar-refractivity contribution is 7.99. The van der Waals surface area contributed by atoms with Crippen LogP contribution in [-0.4, -0.2) is 24.2 Å². The Morgan fingerprint density at radius 2 is 1.95 bits per heavy atom. The summed E-state index contributed by atoms with van der Waals surface area (Å²) < 4.78 is 0. The molecule has 0 fully saturated rings. The molecule has 1 aromatic rings. The molecule has 0 spiro atoms. The quantitative estimate of drug-likeness (QED) is 0.755. The van der Waals surface area contributed by atoms with Gasteiger partial charge in [0.1, 0.15) is 0 Å². The van der Waals surface area contributed by atoms with Crippen molar-refractivity contribution >= 4 is 17.7 Å². The van der Waals surface area contributed by atoms with E-state index in [0.717, 1.165) is 12.2 Å². The van der Waals surface area contributed by atoms with Gasteiger partial charge in [0, 0.05) is 10.6 Å². The molecular weight excluding hydrogens is 256 g/mol. The van der Waals surface area contributed by atoms with Crippen LogP contribution in [0.15, 0.2) is 29.2 Å². The van der Waals surface area contributed by atoms with E-state index in [1.807, 2.05) is 6.92 Å². The molecule has 0 heterocycles. The maximum absolute atomic E-state index is 11.4. The lowest BCUT2D eigenvalue weighted by molar-refractivity contribution is -0.123. The Morgan fingerprint density at radius 3 is 2.37 bits per heavy atom. The summed E-state index contributed by atoms with van der Waals surface area (Å²) >= 11 is 1.75. The van der Waals surface area contributed by atoms with E-state index < -0.39 is 5.54 Å². The van der Waals surface area contributed by atoms with Crippen LogP contribution in [0.2, 0.25) is 0 Å². The lowest BCUT2D eigenvalue weighted by Gasteiger charge is -2.25. The third-order valence-corrected chi connectivity index (χ3v) is 4.53. The Labute approximate surface area is 120 Å². The van der Waals surface area contributed by atoms with E-state index in [1.54, 1.807) is 18.8 Å². The maximum Gasteiger partial charge on any atom is 0.237 e. The summed E-state index contributed by atoms with van der Waals surface area (Å²) in [5, 5.41) is 3.00. The number of hydrogen-bond acceptors (Lipinski definition) is 3. The minimum Gasteiger partial charge on any atom is -0.368 e. The van der Waals surface area contributed by atoms with Gasteiger partial charge >= 0.3 is 0 Å². The molecule has 1 unspecified atom stereocenters. The molecule has 0 radical (unpaired) electrons. The number of benzene rings is 1. The molecule has 1 rings (SSSR count). The highest BCUT2D eigenvalue weighted by Crippen LogP contribution is 2.24. The summed E-state index contributed by atoms with van der Waals surface area (Å²) in [6.07, 6.45) is 0.718. The molecule has 106 valence electrons. The van der Waals surface area contributed by atoms with Crippen molar-refractivity contribution < 1.29 is 4.79 Å². The van der Waals surface area contributed by atoms with Gasteiger partial charge in [-0.05, 0) is 44.0 Å². The number of nitrogens with one attached hydrogen (secondary N) is 1. The van der Waals surface area contributed by atoms with Crippen LogP contribution in [0.1, 0.15) is 38.7 Å². The minimum atomic E-state index is -0.620. The zero-order chi connectivity index (χ0) is 14.5. The van der Waals surface area contributed by atoms with E-state index in [2.05, 4.69) is 43.4 Å². The number of carbonyl (C=O) groups is 1. The third kappa shape index (κ3) is 4.55. The Morgan fingerprint density at radius 1 is 1.37 bits per heavy atom. The first kappa shape index (κ1) is 16.1. The first-order valence-electron chi connectivity index (χ1n) is 6.60. The molecule has 4 heteroatoms. The van der Waals surface area contributed by atoms with Crippen LogP contribution in [0.5, 0.6) is 0 Å². The van der Waals surface area contributed by atoms with Crippen molar-refractivity contribution in [3.63, 3.8) is 0 Å². The van der Waals surface area contributed by atoms with Gasteiger partial charge in [0.25, 0.3) is 0 Å². The number of thioether (sulfide) groups is 1. The molecular formula is C15H24N2OS. The average Bonchev–Trinajstić information content (AvgIpc) is 2.38. The fourth-order valence-corrected chi connectivity index (χ4v) is 2.77. The van der Waals surface area contributed by atoms with Crippen LogP contribution in [-0.2, 0) is 4.79 Å². The molecule has 0 bridgehead atoms. The van der Waals surface area contributed by atoms with Gasteiger partial charge in [-0.2, -0.15) is 0 Å². The second-order valence-electron chi connectivity index (χ2n) is 5.27. The second-order valence-corrected chi connectivity index (χ2v) is 6.44. The summed E-state index contributed by atoms with van der Waals surface area (Å²) in [4.78, 5) is 12.6. The second kappa shape index (κ2) is 6.96. The van der Waals surface area contributed by atoms with E-state index in [-0.39, 0.29) is 5.91 Å². The van der Waals surface area contributed by atoms with Gasteiger partial charge in [0.2, 0.25) is 5.91 Å². The lowest BCUT2D eigenvalue weighted by atomic mass is 9.99. The van der Waals surface area contributed by atoms with E-state index in [1.165, 1.54) is 10.5 Å². The van der Waals surface area contributed by atoms with E-state index in [0.29, 0.717) is 5.92 Å². The van der Waals surface area contributed by atoms with Crippen molar-refractivity contribution in [1.82, 2.24) is 5.32 Å². The van der Waals surface area contributed by atoms with Gasteiger partial charge in [-0.1, -0.05) is 26.0 Å². The molecule has 3 N–H and O–H groups in total. The van der Waals surface area contributed by atoms with Crippen molar-refractivity contribution in [2.75, 3.05) is 12.8 Å². The highest BCUT2D eigenvalue weighted by Gasteiger charge is 2.28. The van der Waals surface area contributed by atoms with Crippen LogP contribution in [0.25, 0.3) is 0 Å². The number of amides is 1. The first-order chi connectivity index (χ1) is 8.89. The number of rotatable bonds is 7. The predicted molar refractivity (Wildman–Crippen MR) is 82.5 cm³/mol.